The van der Waals surface area contributed by atoms with E-state index in [-0.39, 0.29) is 12.0 Å². The van der Waals surface area contributed by atoms with Crippen LogP contribution in [0, 0.1) is 0 Å². The fraction of sp³-hybridized carbons (Fsp3) is 0.273. The number of carbonyl (C=O) groups excluding carboxylic acids is 1. The number of pyridine rings is 1. The van der Waals surface area contributed by atoms with Crippen molar-refractivity contribution in [2.45, 2.75) is 25.6 Å². The molecule has 144 valence electrons. The monoisotopic (exact) mass is 378 g/mol. The van der Waals surface area contributed by atoms with E-state index in [1.807, 2.05) is 55.5 Å². The van der Waals surface area contributed by atoms with Gasteiger partial charge in [-0.15, -0.1) is 0 Å². The van der Waals surface area contributed by atoms with Crippen LogP contribution in [0.3, 0.4) is 0 Å². The first kappa shape index (κ1) is 18.1. The van der Waals surface area contributed by atoms with Crippen LogP contribution in [-0.2, 0) is 4.79 Å². The SMILES string of the molecule is CC1Oc2ccccc2OC1C(=O)NCCCOc1cccc2cccnc12. The molecule has 0 radical (unpaired) electrons. The molecule has 0 saturated carbocycles. The van der Waals surface area contributed by atoms with Gasteiger partial charge in [-0.2, -0.15) is 0 Å². The number of ether oxygens (including phenoxy) is 3. The molecular formula is C22H22N2O4. The Balaban J connectivity index is 1.26. The number of aromatic nitrogens is 1. The second-order valence-corrected chi connectivity index (χ2v) is 6.63. The molecule has 1 amide bonds. The molecule has 0 fully saturated rings. The van der Waals surface area contributed by atoms with Gasteiger partial charge in [0.1, 0.15) is 17.4 Å². The van der Waals surface area contributed by atoms with Gasteiger partial charge in [0, 0.05) is 18.1 Å². The molecule has 2 unspecified atom stereocenters. The molecule has 2 aromatic carbocycles. The lowest BCUT2D eigenvalue weighted by Crippen LogP contribution is -2.49. The highest BCUT2D eigenvalue weighted by molar-refractivity contribution is 5.84. The smallest absolute Gasteiger partial charge is 0.265 e. The summed E-state index contributed by atoms with van der Waals surface area (Å²) in [6.45, 7) is 2.80. The van der Waals surface area contributed by atoms with Crippen molar-refractivity contribution in [1.82, 2.24) is 10.3 Å². The van der Waals surface area contributed by atoms with Gasteiger partial charge in [-0.25, -0.2) is 0 Å². The van der Waals surface area contributed by atoms with Gasteiger partial charge in [0.25, 0.3) is 5.91 Å². The molecule has 1 aliphatic heterocycles. The van der Waals surface area contributed by atoms with E-state index in [1.165, 1.54) is 0 Å². The number of hydrogen-bond donors (Lipinski definition) is 1. The van der Waals surface area contributed by atoms with Crippen LogP contribution in [0.25, 0.3) is 10.9 Å². The van der Waals surface area contributed by atoms with E-state index in [4.69, 9.17) is 14.2 Å². The molecule has 4 rings (SSSR count). The van der Waals surface area contributed by atoms with Crippen LogP contribution in [0.15, 0.2) is 60.8 Å². The quantitative estimate of drug-likeness (QED) is 0.666. The number of para-hydroxylation sites is 3. The second kappa shape index (κ2) is 8.17. The first-order valence-electron chi connectivity index (χ1n) is 9.39. The third kappa shape index (κ3) is 3.86. The van der Waals surface area contributed by atoms with Crippen molar-refractivity contribution in [3.63, 3.8) is 0 Å². The Kier molecular flexibility index (Phi) is 5.28. The summed E-state index contributed by atoms with van der Waals surface area (Å²) in [5, 5.41) is 3.94. The van der Waals surface area contributed by atoms with E-state index in [0.717, 1.165) is 16.7 Å². The zero-order chi connectivity index (χ0) is 19.3. The molecule has 1 N–H and O–H groups in total. The largest absolute Gasteiger partial charge is 0.491 e. The van der Waals surface area contributed by atoms with Crippen molar-refractivity contribution in [3.8, 4) is 17.2 Å². The van der Waals surface area contributed by atoms with Gasteiger partial charge in [0.2, 0.25) is 6.10 Å². The van der Waals surface area contributed by atoms with Crippen LogP contribution in [0.5, 0.6) is 17.2 Å². The standard InChI is InChI=1S/C22H22N2O4/c1-15-21(28-18-10-3-2-9-17(18)27-15)22(25)24-13-6-14-26-19-11-4-7-16-8-5-12-23-20(16)19/h2-5,7-12,15,21H,6,13-14H2,1H3,(H,24,25). The van der Waals surface area contributed by atoms with Crippen LogP contribution in [0.1, 0.15) is 13.3 Å². The molecule has 28 heavy (non-hydrogen) atoms. The molecule has 0 saturated heterocycles. The molecule has 1 aliphatic rings. The molecule has 2 atom stereocenters. The summed E-state index contributed by atoms with van der Waals surface area (Å²) in [6.07, 6.45) is 1.40. The Bertz CT molecular complexity index is 970. The summed E-state index contributed by atoms with van der Waals surface area (Å²) >= 11 is 0. The van der Waals surface area contributed by atoms with Crippen molar-refractivity contribution >= 4 is 16.8 Å². The minimum absolute atomic E-state index is 0.186. The van der Waals surface area contributed by atoms with Crippen LogP contribution >= 0.6 is 0 Å². The van der Waals surface area contributed by atoms with E-state index in [1.54, 1.807) is 12.3 Å². The molecule has 2 heterocycles. The normalized spacial score (nSPS) is 17.9. The van der Waals surface area contributed by atoms with Gasteiger partial charge in [0.15, 0.2) is 11.5 Å². The third-order valence-electron chi connectivity index (χ3n) is 4.57. The predicted octanol–water partition coefficient (Wildman–Crippen LogP) is 3.35. The number of nitrogens with zero attached hydrogens (tertiary/aromatic N) is 1. The van der Waals surface area contributed by atoms with Crippen LogP contribution < -0.4 is 19.5 Å². The van der Waals surface area contributed by atoms with Crippen molar-refractivity contribution in [2.24, 2.45) is 0 Å². The third-order valence-corrected chi connectivity index (χ3v) is 4.57. The number of rotatable bonds is 6. The topological polar surface area (TPSA) is 69.7 Å². The van der Waals surface area contributed by atoms with Crippen molar-refractivity contribution in [1.29, 1.82) is 0 Å². The van der Waals surface area contributed by atoms with Crippen molar-refractivity contribution < 1.29 is 19.0 Å². The summed E-state index contributed by atoms with van der Waals surface area (Å²) in [5.41, 5.74) is 0.842. The Morgan fingerprint density at radius 3 is 2.71 bits per heavy atom. The van der Waals surface area contributed by atoms with Gasteiger partial charge >= 0.3 is 0 Å². The number of nitrogens with one attached hydrogen (secondary N) is 1. The minimum Gasteiger partial charge on any atom is -0.491 e. The first-order chi connectivity index (χ1) is 13.7. The average Bonchev–Trinajstić information content (AvgIpc) is 2.73. The molecule has 0 aliphatic carbocycles. The molecule has 6 heteroatoms. The minimum atomic E-state index is -0.668. The molecule has 0 spiro atoms. The van der Waals surface area contributed by atoms with Crippen molar-refractivity contribution in [3.05, 3.63) is 60.8 Å². The highest BCUT2D eigenvalue weighted by Crippen LogP contribution is 2.33. The van der Waals surface area contributed by atoms with E-state index < -0.39 is 6.10 Å². The van der Waals surface area contributed by atoms with Crippen LogP contribution in [0.4, 0.5) is 0 Å². The van der Waals surface area contributed by atoms with Gasteiger partial charge in [-0.3, -0.25) is 9.78 Å². The summed E-state index contributed by atoms with van der Waals surface area (Å²) in [5.74, 6) is 1.82. The molecule has 6 nitrogen and oxygen atoms in total. The molecule has 0 bridgehead atoms. The zero-order valence-electron chi connectivity index (χ0n) is 15.6. The second-order valence-electron chi connectivity index (χ2n) is 6.63. The van der Waals surface area contributed by atoms with Crippen molar-refractivity contribution in [2.75, 3.05) is 13.2 Å². The predicted molar refractivity (Wildman–Crippen MR) is 106 cm³/mol. The summed E-state index contributed by atoms with van der Waals surface area (Å²) in [4.78, 5) is 16.8. The molecule has 1 aromatic heterocycles. The van der Waals surface area contributed by atoms with Gasteiger partial charge in [-0.05, 0) is 37.6 Å². The fourth-order valence-corrected chi connectivity index (χ4v) is 3.17. The summed E-state index contributed by atoms with van der Waals surface area (Å²) in [6, 6.07) is 17.1. The number of hydrogen-bond acceptors (Lipinski definition) is 5. The Morgan fingerprint density at radius 1 is 1.07 bits per heavy atom. The lowest BCUT2D eigenvalue weighted by Gasteiger charge is -2.31. The average molecular weight is 378 g/mol. The summed E-state index contributed by atoms with van der Waals surface area (Å²) < 4.78 is 17.4. The molecule has 3 aromatic rings. The highest BCUT2D eigenvalue weighted by Gasteiger charge is 2.33. The van der Waals surface area contributed by atoms with Crippen LogP contribution in [-0.4, -0.2) is 36.3 Å². The van der Waals surface area contributed by atoms with Gasteiger partial charge in [0.05, 0.1) is 6.61 Å². The van der Waals surface area contributed by atoms with E-state index in [9.17, 15) is 4.79 Å². The summed E-state index contributed by atoms with van der Waals surface area (Å²) in [7, 11) is 0. The maximum atomic E-state index is 12.5. The van der Waals surface area contributed by atoms with Gasteiger partial charge in [-0.1, -0.05) is 30.3 Å². The highest BCUT2D eigenvalue weighted by atomic mass is 16.6. The Labute approximate surface area is 163 Å². The first-order valence-corrected chi connectivity index (χ1v) is 9.39. The lowest BCUT2D eigenvalue weighted by molar-refractivity contribution is -0.133. The fourth-order valence-electron chi connectivity index (χ4n) is 3.17. The Morgan fingerprint density at radius 2 is 1.86 bits per heavy atom. The number of amides is 1. The lowest BCUT2D eigenvalue weighted by atomic mass is 10.1. The maximum Gasteiger partial charge on any atom is 0.265 e. The number of carbonyl (C=O) groups is 1. The van der Waals surface area contributed by atoms with Crippen LogP contribution in [0.2, 0.25) is 0 Å². The zero-order valence-corrected chi connectivity index (χ0v) is 15.6. The number of fused-ring (bicyclic) bond motifs is 2. The van der Waals surface area contributed by atoms with E-state index in [0.29, 0.717) is 31.1 Å². The van der Waals surface area contributed by atoms with Gasteiger partial charge < -0.3 is 19.5 Å². The Hall–Kier alpha value is -3.28. The molecular weight excluding hydrogens is 356 g/mol. The maximum absolute atomic E-state index is 12.5. The van der Waals surface area contributed by atoms with E-state index >= 15 is 0 Å². The van der Waals surface area contributed by atoms with E-state index in [2.05, 4.69) is 10.3 Å². The number of benzene rings is 2.